The van der Waals surface area contributed by atoms with Crippen molar-refractivity contribution >= 4 is 23.2 Å². The van der Waals surface area contributed by atoms with E-state index in [4.69, 9.17) is 27.9 Å². The van der Waals surface area contributed by atoms with E-state index in [1.165, 1.54) is 12.1 Å². The molecule has 2 aromatic carbocycles. The predicted octanol–water partition coefficient (Wildman–Crippen LogP) is 4.71. The second-order valence-corrected chi connectivity index (χ2v) is 4.26. The second kappa shape index (κ2) is 5.39. The zero-order chi connectivity index (χ0) is 12.3. The van der Waals surface area contributed by atoms with E-state index < -0.39 is 0 Å². The van der Waals surface area contributed by atoms with Gasteiger partial charge in [-0.3, -0.25) is 0 Å². The molecule has 0 amide bonds. The van der Waals surface area contributed by atoms with Crippen LogP contribution in [0.25, 0.3) is 0 Å². The first kappa shape index (κ1) is 12.2. The summed E-state index contributed by atoms with van der Waals surface area (Å²) < 4.78 is 18.3. The molecule has 4 heteroatoms. The van der Waals surface area contributed by atoms with E-state index in [1.807, 2.05) is 0 Å². The highest BCUT2D eigenvalue weighted by Crippen LogP contribution is 2.25. The number of halogens is 3. The van der Waals surface area contributed by atoms with Crippen LogP contribution in [-0.4, -0.2) is 0 Å². The van der Waals surface area contributed by atoms with Crippen molar-refractivity contribution in [2.75, 3.05) is 0 Å². The lowest BCUT2D eigenvalue weighted by Gasteiger charge is -2.09. The monoisotopic (exact) mass is 270 g/mol. The highest BCUT2D eigenvalue weighted by Gasteiger charge is 2.06. The maximum absolute atomic E-state index is 12.9. The van der Waals surface area contributed by atoms with Crippen LogP contribution in [-0.2, 0) is 6.61 Å². The molecule has 0 spiro atoms. The molecule has 0 aromatic heterocycles. The SMILES string of the molecule is Fc1cccc(OCc2c(Cl)cccc2Cl)c1. The lowest BCUT2D eigenvalue weighted by molar-refractivity contribution is 0.305. The van der Waals surface area contributed by atoms with Crippen molar-refractivity contribution in [1.82, 2.24) is 0 Å². The lowest BCUT2D eigenvalue weighted by Crippen LogP contribution is -1.97. The molecular formula is C13H9Cl2FO. The number of benzene rings is 2. The summed E-state index contributed by atoms with van der Waals surface area (Å²) in [7, 11) is 0. The molecule has 2 aromatic rings. The molecule has 0 fully saturated rings. The third-order valence-electron chi connectivity index (χ3n) is 2.24. The molecule has 0 saturated heterocycles. The average Bonchev–Trinajstić information content (AvgIpc) is 2.28. The molecule has 0 radical (unpaired) electrons. The van der Waals surface area contributed by atoms with Gasteiger partial charge in [-0.15, -0.1) is 0 Å². The molecule has 0 N–H and O–H groups in total. The number of hydrogen-bond donors (Lipinski definition) is 0. The molecule has 0 atom stereocenters. The first-order valence-electron chi connectivity index (χ1n) is 4.98. The summed E-state index contributed by atoms with van der Waals surface area (Å²) in [6.45, 7) is 0.210. The van der Waals surface area contributed by atoms with E-state index in [9.17, 15) is 4.39 Å². The Labute approximate surface area is 109 Å². The van der Waals surface area contributed by atoms with Gasteiger partial charge < -0.3 is 4.74 Å². The fourth-order valence-corrected chi connectivity index (χ4v) is 1.89. The minimum atomic E-state index is -0.340. The molecule has 88 valence electrons. The van der Waals surface area contributed by atoms with Gasteiger partial charge in [0, 0.05) is 21.7 Å². The summed E-state index contributed by atoms with van der Waals surface area (Å²) in [5, 5.41) is 1.07. The number of ether oxygens (including phenoxy) is 1. The maximum atomic E-state index is 12.9. The van der Waals surface area contributed by atoms with Crippen LogP contribution in [0.4, 0.5) is 4.39 Å². The van der Waals surface area contributed by atoms with Crippen molar-refractivity contribution in [3.05, 3.63) is 63.9 Å². The summed E-state index contributed by atoms with van der Waals surface area (Å²) in [6.07, 6.45) is 0. The molecule has 0 aliphatic heterocycles. The van der Waals surface area contributed by atoms with Gasteiger partial charge in [-0.05, 0) is 24.3 Å². The van der Waals surface area contributed by atoms with Crippen LogP contribution in [0.1, 0.15) is 5.56 Å². The Morgan fingerprint density at radius 3 is 2.29 bits per heavy atom. The van der Waals surface area contributed by atoms with Crippen LogP contribution in [0.3, 0.4) is 0 Å². The Bertz CT molecular complexity index is 508. The van der Waals surface area contributed by atoms with Gasteiger partial charge in [0.2, 0.25) is 0 Å². The summed E-state index contributed by atoms with van der Waals surface area (Å²) in [5.74, 6) is 0.105. The third-order valence-corrected chi connectivity index (χ3v) is 2.95. The van der Waals surface area contributed by atoms with E-state index in [-0.39, 0.29) is 12.4 Å². The van der Waals surface area contributed by atoms with Crippen molar-refractivity contribution in [3.63, 3.8) is 0 Å². The highest BCUT2D eigenvalue weighted by atomic mass is 35.5. The van der Waals surface area contributed by atoms with Gasteiger partial charge in [-0.2, -0.15) is 0 Å². The van der Waals surface area contributed by atoms with Crippen molar-refractivity contribution in [1.29, 1.82) is 0 Å². The number of rotatable bonds is 3. The van der Waals surface area contributed by atoms with E-state index in [0.29, 0.717) is 21.4 Å². The Morgan fingerprint density at radius 1 is 1.00 bits per heavy atom. The smallest absolute Gasteiger partial charge is 0.126 e. The van der Waals surface area contributed by atoms with Crippen molar-refractivity contribution in [3.8, 4) is 5.75 Å². The standard InChI is InChI=1S/C13H9Cl2FO/c14-12-5-2-6-13(15)11(12)8-17-10-4-1-3-9(16)7-10/h1-7H,8H2. The number of hydrogen-bond acceptors (Lipinski definition) is 1. The van der Waals surface area contributed by atoms with Crippen molar-refractivity contribution < 1.29 is 9.13 Å². The summed E-state index contributed by atoms with van der Waals surface area (Å²) >= 11 is 12.0. The first-order valence-corrected chi connectivity index (χ1v) is 5.73. The molecule has 0 aliphatic carbocycles. The summed E-state index contributed by atoms with van der Waals surface area (Å²) in [5.41, 5.74) is 0.695. The van der Waals surface area contributed by atoms with Crippen LogP contribution >= 0.6 is 23.2 Å². The minimum Gasteiger partial charge on any atom is -0.489 e. The second-order valence-electron chi connectivity index (χ2n) is 3.45. The molecule has 0 bridgehead atoms. The summed E-state index contributed by atoms with van der Waals surface area (Å²) in [4.78, 5) is 0. The third kappa shape index (κ3) is 3.11. The minimum absolute atomic E-state index is 0.210. The van der Waals surface area contributed by atoms with E-state index in [1.54, 1.807) is 30.3 Å². The zero-order valence-corrected chi connectivity index (χ0v) is 10.3. The van der Waals surface area contributed by atoms with E-state index >= 15 is 0 Å². The van der Waals surface area contributed by atoms with Gasteiger partial charge in [-0.1, -0.05) is 35.3 Å². The molecule has 0 saturated carbocycles. The van der Waals surface area contributed by atoms with Gasteiger partial charge in [0.15, 0.2) is 0 Å². The average molecular weight is 271 g/mol. The van der Waals surface area contributed by atoms with Gasteiger partial charge in [0.05, 0.1) is 0 Å². The topological polar surface area (TPSA) is 9.23 Å². The Kier molecular flexibility index (Phi) is 3.87. The lowest BCUT2D eigenvalue weighted by atomic mass is 10.2. The molecule has 17 heavy (non-hydrogen) atoms. The molecule has 0 unspecified atom stereocenters. The van der Waals surface area contributed by atoms with Gasteiger partial charge in [0.1, 0.15) is 18.2 Å². The fraction of sp³-hybridized carbons (Fsp3) is 0.0769. The molecule has 1 nitrogen and oxygen atoms in total. The quantitative estimate of drug-likeness (QED) is 0.785. The van der Waals surface area contributed by atoms with Crippen molar-refractivity contribution in [2.24, 2.45) is 0 Å². The predicted molar refractivity (Wildman–Crippen MR) is 67.2 cm³/mol. The fourth-order valence-electron chi connectivity index (χ4n) is 1.38. The van der Waals surface area contributed by atoms with Crippen LogP contribution in [0, 0.1) is 5.82 Å². The molecule has 0 heterocycles. The Morgan fingerprint density at radius 2 is 1.65 bits per heavy atom. The molecule has 2 rings (SSSR count). The normalized spacial score (nSPS) is 10.3. The van der Waals surface area contributed by atoms with Crippen LogP contribution < -0.4 is 4.74 Å². The Hall–Kier alpha value is -1.25. The van der Waals surface area contributed by atoms with Gasteiger partial charge in [0.25, 0.3) is 0 Å². The van der Waals surface area contributed by atoms with Crippen molar-refractivity contribution in [2.45, 2.75) is 6.61 Å². The van der Waals surface area contributed by atoms with E-state index in [0.717, 1.165) is 0 Å². The van der Waals surface area contributed by atoms with Crippen LogP contribution in [0.5, 0.6) is 5.75 Å². The zero-order valence-electron chi connectivity index (χ0n) is 8.79. The van der Waals surface area contributed by atoms with E-state index in [2.05, 4.69) is 0 Å². The molecule has 0 aliphatic rings. The van der Waals surface area contributed by atoms with Crippen LogP contribution in [0.15, 0.2) is 42.5 Å². The van der Waals surface area contributed by atoms with Gasteiger partial charge in [-0.25, -0.2) is 4.39 Å². The molecular weight excluding hydrogens is 262 g/mol. The largest absolute Gasteiger partial charge is 0.489 e. The first-order chi connectivity index (χ1) is 8.16. The Balaban J connectivity index is 2.13. The summed E-state index contributed by atoms with van der Waals surface area (Å²) in [6, 6.07) is 11.2. The highest BCUT2D eigenvalue weighted by molar-refractivity contribution is 6.35. The maximum Gasteiger partial charge on any atom is 0.126 e. The van der Waals surface area contributed by atoms with Crippen LogP contribution in [0.2, 0.25) is 10.0 Å². The van der Waals surface area contributed by atoms with Gasteiger partial charge >= 0.3 is 0 Å².